The molecule has 0 radical (unpaired) electrons. The minimum absolute atomic E-state index is 0.0157. The average Bonchev–Trinajstić information content (AvgIpc) is 2.35. The molecule has 0 saturated carbocycles. The van der Waals surface area contributed by atoms with Crippen molar-refractivity contribution < 1.29 is 15.0 Å². The fraction of sp³-hybridized carbons (Fsp3) is 0.500. The van der Waals surface area contributed by atoms with Crippen molar-refractivity contribution in [1.29, 1.82) is 0 Å². The highest BCUT2D eigenvalue weighted by molar-refractivity contribution is 6.31. The smallest absolute Gasteiger partial charge is 0.337 e. The van der Waals surface area contributed by atoms with E-state index < -0.39 is 5.97 Å². The minimum atomic E-state index is -1.00. The zero-order chi connectivity index (χ0) is 14.5. The van der Waals surface area contributed by atoms with Crippen LogP contribution >= 0.6 is 11.6 Å². The minimum Gasteiger partial charge on any atom is -0.478 e. The van der Waals surface area contributed by atoms with Crippen LogP contribution in [0.15, 0.2) is 18.2 Å². The molecule has 4 nitrogen and oxygen atoms in total. The predicted octanol–water partition coefficient (Wildman–Crippen LogP) is 3.25. The molecule has 1 rings (SSSR count). The number of rotatable bonds is 7. The highest BCUT2D eigenvalue weighted by atomic mass is 35.5. The van der Waals surface area contributed by atoms with Gasteiger partial charge >= 0.3 is 5.97 Å². The van der Waals surface area contributed by atoms with E-state index in [4.69, 9.17) is 21.8 Å². The normalized spacial score (nSPS) is 11.4. The van der Waals surface area contributed by atoms with Crippen LogP contribution in [0.25, 0.3) is 0 Å². The summed E-state index contributed by atoms with van der Waals surface area (Å²) in [6.07, 6.45) is 1.60. The summed E-state index contributed by atoms with van der Waals surface area (Å²) in [5.41, 5.74) is 0.720. The molecule has 0 saturated heterocycles. The maximum atomic E-state index is 11.1. The lowest BCUT2D eigenvalue weighted by molar-refractivity contribution is 0.0698. The molecular formula is C14H20ClNO3. The molecular weight excluding hydrogens is 266 g/mol. The van der Waals surface area contributed by atoms with Crippen LogP contribution in [0.4, 0.5) is 5.69 Å². The Hall–Kier alpha value is -1.26. The summed E-state index contributed by atoms with van der Waals surface area (Å²) >= 11 is 5.80. The Morgan fingerprint density at radius 3 is 2.68 bits per heavy atom. The van der Waals surface area contributed by atoms with Crippen LogP contribution in [-0.4, -0.2) is 29.3 Å². The molecule has 0 aromatic heterocycles. The second kappa shape index (κ2) is 6.78. The van der Waals surface area contributed by atoms with Crippen LogP contribution < -0.4 is 5.32 Å². The summed E-state index contributed by atoms with van der Waals surface area (Å²) in [7, 11) is 0. The van der Waals surface area contributed by atoms with E-state index in [9.17, 15) is 4.79 Å². The number of carboxylic acid groups (broad SMARTS) is 1. The van der Waals surface area contributed by atoms with Crippen LogP contribution in [0.1, 0.15) is 37.0 Å². The Morgan fingerprint density at radius 1 is 1.42 bits per heavy atom. The van der Waals surface area contributed by atoms with Crippen molar-refractivity contribution in [3.8, 4) is 0 Å². The molecule has 0 atom stereocenters. The number of aliphatic hydroxyl groups is 1. The summed E-state index contributed by atoms with van der Waals surface area (Å²) in [6, 6.07) is 4.78. The highest BCUT2D eigenvalue weighted by Gasteiger charge is 2.18. The van der Waals surface area contributed by atoms with E-state index in [1.54, 1.807) is 12.1 Å². The molecule has 0 spiro atoms. The molecule has 0 fully saturated rings. The monoisotopic (exact) mass is 285 g/mol. The van der Waals surface area contributed by atoms with Crippen LogP contribution in [0.2, 0.25) is 5.02 Å². The third-order valence-corrected chi connectivity index (χ3v) is 3.22. The van der Waals surface area contributed by atoms with Crippen LogP contribution in [0.5, 0.6) is 0 Å². The lowest BCUT2D eigenvalue weighted by Crippen LogP contribution is -2.24. The first-order valence-electron chi connectivity index (χ1n) is 6.23. The molecule has 1 aromatic rings. The fourth-order valence-corrected chi connectivity index (χ4v) is 2.00. The maximum absolute atomic E-state index is 11.1. The third-order valence-electron chi connectivity index (χ3n) is 2.98. The molecule has 0 amide bonds. The molecule has 1 aromatic carbocycles. The topological polar surface area (TPSA) is 69.6 Å². The van der Waals surface area contributed by atoms with Gasteiger partial charge in [-0.3, -0.25) is 0 Å². The van der Waals surface area contributed by atoms with E-state index in [-0.39, 0.29) is 17.6 Å². The summed E-state index contributed by atoms with van der Waals surface area (Å²) in [5.74, 6) is -1.00. The van der Waals surface area contributed by atoms with Gasteiger partial charge in [-0.25, -0.2) is 4.79 Å². The van der Waals surface area contributed by atoms with E-state index in [2.05, 4.69) is 19.2 Å². The molecule has 0 aliphatic rings. The Balaban J connectivity index is 2.75. The number of hydrogen-bond acceptors (Lipinski definition) is 3. The first-order valence-corrected chi connectivity index (χ1v) is 6.61. The summed E-state index contributed by atoms with van der Waals surface area (Å²) in [6.45, 7) is 4.96. The van der Waals surface area contributed by atoms with Crippen molar-refractivity contribution in [2.75, 3.05) is 18.5 Å². The quantitative estimate of drug-likeness (QED) is 0.719. The van der Waals surface area contributed by atoms with Gasteiger partial charge in [-0.2, -0.15) is 0 Å². The van der Waals surface area contributed by atoms with E-state index in [0.29, 0.717) is 17.3 Å². The SMILES string of the molecule is CC(C)(CCCO)CNc1ccc(Cl)cc1C(=O)O. The molecule has 0 bridgehead atoms. The van der Waals surface area contributed by atoms with Gasteiger partial charge in [0.1, 0.15) is 0 Å². The molecule has 19 heavy (non-hydrogen) atoms. The van der Waals surface area contributed by atoms with Gasteiger partial charge in [-0.05, 0) is 36.5 Å². The van der Waals surface area contributed by atoms with Crippen LogP contribution in [0, 0.1) is 5.41 Å². The van der Waals surface area contributed by atoms with Gasteiger partial charge < -0.3 is 15.5 Å². The zero-order valence-corrected chi connectivity index (χ0v) is 12.0. The van der Waals surface area contributed by atoms with Gasteiger partial charge in [-0.1, -0.05) is 25.4 Å². The van der Waals surface area contributed by atoms with Crippen LogP contribution in [-0.2, 0) is 0 Å². The number of aromatic carboxylic acids is 1. The maximum Gasteiger partial charge on any atom is 0.337 e. The lowest BCUT2D eigenvalue weighted by Gasteiger charge is -2.25. The van der Waals surface area contributed by atoms with Gasteiger partial charge in [0.25, 0.3) is 0 Å². The summed E-state index contributed by atoms with van der Waals surface area (Å²) in [4.78, 5) is 11.1. The second-order valence-corrected chi connectivity index (χ2v) is 5.78. The molecule has 106 valence electrons. The fourth-order valence-electron chi connectivity index (χ4n) is 1.83. The second-order valence-electron chi connectivity index (χ2n) is 5.34. The number of anilines is 1. The first kappa shape index (κ1) is 15.8. The van der Waals surface area contributed by atoms with Crippen LogP contribution in [0.3, 0.4) is 0 Å². The van der Waals surface area contributed by atoms with Crippen molar-refractivity contribution in [2.24, 2.45) is 5.41 Å². The molecule has 0 aliphatic heterocycles. The Kier molecular flexibility index (Phi) is 5.63. The van der Waals surface area contributed by atoms with E-state index >= 15 is 0 Å². The van der Waals surface area contributed by atoms with Crippen molar-refractivity contribution in [1.82, 2.24) is 0 Å². The molecule has 3 N–H and O–H groups in total. The van der Waals surface area contributed by atoms with E-state index in [1.165, 1.54) is 6.07 Å². The number of hydrogen-bond donors (Lipinski definition) is 3. The molecule has 0 heterocycles. The number of aliphatic hydroxyl groups excluding tert-OH is 1. The van der Waals surface area contributed by atoms with Gasteiger partial charge in [0.15, 0.2) is 0 Å². The van der Waals surface area contributed by atoms with Gasteiger partial charge in [-0.15, -0.1) is 0 Å². The van der Waals surface area contributed by atoms with Crippen molar-refractivity contribution >= 4 is 23.3 Å². The number of halogens is 1. The van der Waals surface area contributed by atoms with Gasteiger partial charge in [0, 0.05) is 23.9 Å². The van der Waals surface area contributed by atoms with E-state index in [1.807, 2.05) is 0 Å². The Labute approximate surface area is 118 Å². The van der Waals surface area contributed by atoms with Gasteiger partial charge in [0.2, 0.25) is 0 Å². The summed E-state index contributed by atoms with van der Waals surface area (Å²) in [5, 5.41) is 21.5. The first-order chi connectivity index (χ1) is 8.85. The van der Waals surface area contributed by atoms with E-state index in [0.717, 1.165) is 12.8 Å². The third kappa shape index (κ3) is 5.09. The molecule has 0 aliphatic carbocycles. The zero-order valence-electron chi connectivity index (χ0n) is 11.2. The average molecular weight is 286 g/mol. The molecule has 0 unspecified atom stereocenters. The van der Waals surface area contributed by atoms with Gasteiger partial charge in [0.05, 0.1) is 5.56 Å². The predicted molar refractivity (Wildman–Crippen MR) is 77.0 cm³/mol. The molecule has 5 heteroatoms. The highest BCUT2D eigenvalue weighted by Crippen LogP contribution is 2.25. The number of carboxylic acids is 1. The van der Waals surface area contributed by atoms with Crippen molar-refractivity contribution in [2.45, 2.75) is 26.7 Å². The number of carbonyl (C=O) groups is 1. The Bertz CT molecular complexity index is 446. The standard InChI is InChI=1S/C14H20ClNO3/c1-14(2,6-3-7-17)9-16-12-5-4-10(15)8-11(12)13(18)19/h4-5,8,16-17H,3,6-7,9H2,1-2H3,(H,18,19). The number of benzene rings is 1. The number of nitrogens with one attached hydrogen (secondary N) is 1. The Morgan fingerprint density at radius 2 is 2.11 bits per heavy atom. The van der Waals surface area contributed by atoms with Crippen molar-refractivity contribution in [3.05, 3.63) is 28.8 Å². The van der Waals surface area contributed by atoms with Crippen molar-refractivity contribution in [3.63, 3.8) is 0 Å². The lowest BCUT2D eigenvalue weighted by atomic mass is 9.88. The summed E-state index contributed by atoms with van der Waals surface area (Å²) < 4.78 is 0. The largest absolute Gasteiger partial charge is 0.478 e.